The molecule has 7 rings (SSSR count). The van der Waals surface area contributed by atoms with E-state index in [1.54, 1.807) is 0 Å². The van der Waals surface area contributed by atoms with Crippen molar-refractivity contribution in [3.63, 3.8) is 0 Å². The maximum absolute atomic E-state index is 5.99. The number of hydrogen-bond acceptors (Lipinski definition) is 6. The van der Waals surface area contributed by atoms with Crippen molar-refractivity contribution in [3.05, 3.63) is 84.3 Å². The van der Waals surface area contributed by atoms with Gasteiger partial charge in [-0.15, -0.1) is 9.60 Å². The molecule has 2 bridgehead atoms. The SMILES string of the molecule is CC(C)C1=NC(c2ccc(-c3ccc(CN)c4ccccc34)nc2)=CC2=NC=C[N+]21N1C[C@@H]2C[C@H]1CN2. The Morgan fingerprint density at radius 2 is 1.97 bits per heavy atom. The summed E-state index contributed by atoms with van der Waals surface area (Å²) in [5, 5.41) is 8.56. The highest BCUT2D eigenvalue weighted by molar-refractivity contribution is 6.07. The molecule has 4 aliphatic heterocycles. The number of amidine groups is 2. The van der Waals surface area contributed by atoms with Crippen molar-refractivity contribution < 1.29 is 4.59 Å². The van der Waals surface area contributed by atoms with Gasteiger partial charge in [-0.1, -0.05) is 50.2 Å². The second-order valence-electron chi connectivity index (χ2n) is 10.7. The predicted molar refractivity (Wildman–Crippen MR) is 149 cm³/mol. The molecular formula is C30H32N7+. The van der Waals surface area contributed by atoms with Crippen molar-refractivity contribution in [2.75, 3.05) is 13.1 Å². The fraction of sp³-hybridized carbons (Fsp3) is 0.300. The third-order valence-electron chi connectivity index (χ3n) is 8.21. The number of rotatable bonds is 5. The van der Waals surface area contributed by atoms with Gasteiger partial charge >= 0.3 is 0 Å². The molecule has 0 amide bonds. The van der Waals surface area contributed by atoms with Gasteiger partial charge in [0.1, 0.15) is 6.20 Å². The number of benzene rings is 2. The summed E-state index contributed by atoms with van der Waals surface area (Å²) < 4.78 is 0.537. The molecule has 186 valence electrons. The van der Waals surface area contributed by atoms with Crippen LogP contribution in [-0.2, 0) is 6.54 Å². The van der Waals surface area contributed by atoms with Crippen LogP contribution in [0.1, 0.15) is 31.4 Å². The minimum atomic E-state index is 0.267. The Kier molecular flexibility index (Phi) is 5.23. The molecule has 7 nitrogen and oxygen atoms in total. The van der Waals surface area contributed by atoms with Crippen LogP contribution in [0.5, 0.6) is 0 Å². The van der Waals surface area contributed by atoms with E-state index in [4.69, 9.17) is 20.7 Å². The molecule has 2 saturated heterocycles. The van der Waals surface area contributed by atoms with E-state index >= 15 is 0 Å². The van der Waals surface area contributed by atoms with Crippen LogP contribution in [0.15, 0.2) is 83.2 Å². The number of nitrogens with zero attached hydrogens (tertiary/aromatic N) is 5. The highest BCUT2D eigenvalue weighted by atomic mass is 15.8. The van der Waals surface area contributed by atoms with Gasteiger partial charge in [0, 0.05) is 42.5 Å². The molecular weight excluding hydrogens is 458 g/mol. The Labute approximate surface area is 217 Å². The van der Waals surface area contributed by atoms with E-state index in [2.05, 4.69) is 85.0 Å². The molecule has 5 heterocycles. The number of nitrogens with two attached hydrogens (primary N) is 1. The largest absolute Gasteiger partial charge is 0.326 e. The summed E-state index contributed by atoms with van der Waals surface area (Å²) in [6, 6.07) is 17.9. The average Bonchev–Trinajstić information content (AvgIpc) is 3.68. The number of quaternary nitrogens is 1. The minimum Gasteiger partial charge on any atom is -0.326 e. The van der Waals surface area contributed by atoms with Crippen molar-refractivity contribution in [1.82, 2.24) is 15.3 Å². The van der Waals surface area contributed by atoms with E-state index in [0.29, 0.717) is 23.2 Å². The number of fused-ring (bicyclic) bond motifs is 4. The molecule has 0 aliphatic carbocycles. The number of piperazine rings is 1. The summed E-state index contributed by atoms with van der Waals surface area (Å²) in [5.74, 6) is 2.40. The maximum Gasteiger partial charge on any atom is 0.260 e. The Morgan fingerprint density at radius 3 is 2.68 bits per heavy atom. The molecule has 2 fully saturated rings. The second kappa shape index (κ2) is 8.53. The van der Waals surface area contributed by atoms with Crippen LogP contribution in [0.25, 0.3) is 27.7 Å². The molecule has 4 aliphatic rings. The minimum absolute atomic E-state index is 0.267. The topological polar surface area (TPSA) is 78.9 Å². The lowest BCUT2D eigenvalue weighted by Gasteiger charge is -2.44. The molecule has 0 saturated carbocycles. The fourth-order valence-corrected chi connectivity index (χ4v) is 6.47. The van der Waals surface area contributed by atoms with E-state index in [-0.39, 0.29) is 5.92 Å². The smallest absolute Gasteiger partial charge is 0.260 e. The van der Waals surface area contributed by atoms with Crippen LogP contribution in [0.3, 0.4) is 0 Å². The fourth-order valence-electron chi connectivity index (χ4n) is 6.47. The van der Waals surface area contributed by atoms with Gasteiger partial charge in [0.15, 0.2) is 0 Å². The zero-order valence-corrected chi connectivity index (χ0v) is 21.3. The van der Waals surface area contributed by atoms with Gasteiger partial charge in [-0.05, 0) is 34.9 Å². The first-order valence-corrected chi connectivity index (χ1v) is 13.2. The quantitative estimate of drug-likeness (QED) is 0.519. The van der Waals surface area contributed by atoms with Crippen LogP contribution in [0, 0.1) is 5.92 Å². The summed E-state index contributed by atoms with van der Waals surface area (Å²) in [6.07, 6.45) is 9.44. The molecule has 7 heteroatoms. The standard InChI is InChI=1S/C30H32N7/c1-19(2)30-35-28(14-29-32-11-12-37(29,30)36-18-22-13-23(36)17-33-22)21-8-10-27(34-16-21)26-9-7-20(15-31)24-5-3-4-6-25(24)26/h3-12,14,16,19,22-23,33H,13,15,17-18,31H2,1-2H3/q+1/t22-,23-,37?/m0/s1. The lowest BCUT2D eigenvalue weighted by molar-refractivity contribution is -0.835. The molecule has 3 N–H and O–H groups in total. The summed E-state index contributed by atoms with van der Waals surface area (Å²) >= 11 is 0. The van der Waals surface area contributed by atoms with Gasteiger partial charge < -0.3 is 11.1 Å². The summed E-state index contributed by atoms with van der Waals surface area (Å²) in [6.45, 7) is 7.02. The summed E-state index contributed by atoms with van der Waals surface area (Å²) in [7, 11) is 0. The monoisotopic (exact) mass is 490 g/mol. The van der Waals surface area contributed by atoms with E-state index in [1.165, 1.54) is 17.2 Å². The highest BCUT2D eigenvalue weighted by Gasteiger charge is 2.57. The van der Waals surface area contributed by atoms with Crippen LogP contribution in [-0.4, -0.2) is 51.4 Å². The first-order chi connectivity index (χ1) is 18.1. The Morgan fingerprint density at radius 1 is 1.11 bits per heavy atom. The van der Waals surface area contributed by atoms with E-state index in [9.17, 15) is 0 Å². The number of pyridine rings is 1. The molecule has 0 radical (unpaired) electrons. The lowest BCUT2D eigenvalue weighted by Crippen LogP contribution is -2.67. The first kappa shape index (κ1) is 22.7. The predicted octanol–water partition coefficient (Wildman–Crippen LogP) is 4.43. The van der Waals surface area contributed by atoms with Crippen LogP contribution < -0.4 is 11.1 Å². The van der Waals surface area contributed by atoms with Gasteiger partial charge in [-0.25, -0.2) is 0 Å². The molecule has 2 aromatic carbocycles. The normalized spacial score (nSPS) is 26.5. The maximum atomic E-state index is 5.99. The average molecular weight is 491 g/mol. The number of nitrogens with one attached hydrogen (secondary N) is 1. The summed E-state index contributed by atoms with van der Waals surface area (Å²) in [5.41, 5.74) is 11.1. The van der Waals surface area contributed by atoms with Crippen molar-refractivity contribution >= 4 is 28.1 Å². The number of aromatic nitrogens is 1. The molecule has 0 spiro atoms. The third-order valence-corrected chi connectivity index (χ3v) is 8.21. The molecule has 3 atom stereocenters. The Balaban J connectivity index is 1.26. The van der Waals surface area contributed by atoms with E-state index in [1.807, 2.05) is 12.4 Å². The van der Waals surface area contributed by atoms with E-state index < -0.39 is 0 Å². The van der Waals surface area contributed by atoms with Crippen molar-refractivity contribution in [2.24, 2.45) is 21.6 Å². The van der Waals surface area contributed by atoms with Crippen molar-refractivity contribution in [2.45, 2.75) is 38.9 Å². The van der Waals surface area contributed by atoms with Crippen molar-refractivity contribution in [1.29, 1.82) is 0 Å². The van der Waals surface area contributed by atoms with Gasteiger partial charge in [0.05, 0.1) is 36.1 Å². The molecule has 1 aromatic heterocycles. The Hall–Kier alpha value is -3.49. The Bertz CT molecular complexity index is 1510. The number of aliphatic imine (C=N–C) groups is 2. The van der Waals surface area contributed by atoms with Gasteiger partial charge in [-0.2, -0.15) is 9.98 Å². The molecule has 1 unspecified atom stereocenters. The number of hydrogen-bond donors (Lipinski definition) is 2. The van der Waals surface area contributed by atoms with Crippen LogP contribution in [0.2, 0.25) is 0 Å². The molecule has 37 heavy (non-hydrogen) atoms. The van der Waals surface area contributed by atoms with Gasteiger partial charge in [0.25, 0.3) is 5.84 Å². The first-order valence-electron chi connectivity index (χ1n) is 13.2. The molecule has 3 aromatic rings. The highest BCUT2D eigenvalue weighted by Crippen LogP contribution is 2.39. The van der Waals surface area contributed by atoms with Crippen LogP contribution >= 0.6 is 0 Å². The lowest BCUT2D eigenvalue weighted by atomic mass is 9.97. The third kappa shape index (κ3) is 3.39. The zero-order chi connectivity index (χ0) is 25.1. The van der Waals surface area contributed by atoms with Crippen LogP contribution in [0.4, 0.5) is 0 Å². The second-order valence-corrected chi connectivity index (χ2v) is 10.7. The van der Waals surface area contributed by atoms with Gasteiger partial charge in [-0.3, -0.25) is 4.98 Å². The van der Waals surface area contributed by atoms with Crippen molar-refractivity contribution in [3.8, 4) is 11.3 Å². The van der Waals surface area contributed by atoms with Gasteiger partial charge in [0.2, 0.25) is 5.84 Å². The van der Waals surface area contributed by atoms with E-state index in [0.717, 1.165) is 52.8 Å². The zero-order valence-electron chi connectivity index (χ0n) is 21.3. The summed E-state index contributed by atoms with van der Waals surface area (Å²) in [4.78, 5) is 15.0.